The van der Waals surface area contributed by atoms with Crippen molar-refractivity contribution in [3.05, 3.63) is 41.5 Å². The van der Waals surface area contributed by atoms with Crippen molar-refractivity contribution in [2.45, 2.75) is 50.1 Å². The summed E-state index contributed by atoms with van der Waals surface area (Å²) < 4.78 is 29.6. The van der Waals surface area contributed by atoms with Crippen molar-refractivity contribution >= 4 is 22.4 Å². The molecule has 1 fully saturated rings. The Balaban J connectivity index is 0.00000210. The van der Waals surface area contributed by atoms with Gasteiger partial charge in [0.05, 0.1) is 11.4 Å². The fraction of sp³-hybridized carbons (Fsp3) is 0.556. The van der Waals surface area contributed by atoms with Crippen LogP contribution in [0, 0.1) is 0 Å². The third-order valence-corrected chi connectivity index (χ3v) is 7.35. The number of benzene rings is 1. The Labute approximate surface area is 166 Å². The lowest BCUT2D eigenvalue weighted by Gasteiger charge is -2.31. The number of sulfonamides is 1. The number of halogens is 1. The summed E-state index contributed by atoms with van der Waals surface area (Å²) in [6.45, 7) is 5.70. The molecule has 4 rings (SSSR count). The fourth-order valence-corrected chi connectivity index (χ4v) is 5.29. The number of hydrogen-bond acceptors (Lipinski definition) is 5. The Bertz CT molecular complexity index is 874. The van der Waals surface area contributed by atoms with Crippen molar-refractivity contribution < 1.29 is 8.42 Å². The maximum atomic E-state index is 12.9. The Morgan fingerprint density at radius 1 is 1.11 bits per heavy atom. The molecule has 27 heavy (non-hydrogen) atoms. The molecule has 2 aliphatic heterocycles. The highest BCUT2D eigenvalue weighted by Crippen LogP contribution is 2.30. The zero-order chi connectivity index (χ0) is 18.1. The van der Waals surface area contributed by atoms with Gasteiger partial charge >= 0.3 is 0 Å². The molecule has 0 amide bonds. The lowest BCUT2D eigenvalue weighted by Crippen LogP contribution is -2.38. The number of aromatic nitrogens is 3. The van der Waals surface area contributed by atoms with Crippen LogP contribution in [0.25, 0.3) is 0 Å². The van der Waals surface area contributed by atoms with E-state index in [1.165, 1.54) is 0 Å². The topological polar surface area (TPSA) is 80.1 Å². The van der Waals surface area contributed by atoms with Gasteiger partial charge in [-0.1, -0.05) is 19.1 Å². The molecule has 0 spiro atoms. The van der Waals surface area contributed by atoms with E-state index in [2.05, 4.69) is 27.0 Å². The van der Waals surface area contributed by atoms with E-state index >= 15 is 0 Å². The molecule has 3 heterocycles. The lowest BCUT2D eigenvalue weighted by atomic mass is 9.97. The van der Waals surface area contributed by atoms with E-state index in [9.17, 15) is 8.42 Å². The molecule has 2 aliphatic rings. The standard InChI is InChI=1S/C18H25N5O2S.ClH/c1-2-14-3-5-16(6-4-14)26(24,25)22-10-7-15(8-11-22)18-21-20-17-13-19-9-12-23(17)18;/h3-6,15,19H,2,7-13H2,1H3;1H. The highest BCUT2D eigenvalue weighted by molar-refractivity contribution is 7.89. The molecule has 2 aromatic rings. The average molecular weight is 412 g/mol. The molecular weight excluding hydrogens is 386 g/mol. The van der Waals surface area contributed by atoms with Gasteiger partial charge in [-0.15, -0.1) is 22.6 Å². The monoisotopic (exact) mass is 411 g/mol. The number of piperidine rings is 1. The smallest absolute Gasteiger partial charge is 0.243 e. The van der Waals surface area contributed by atoms with Gasteiger partial charge in [-0.2, -0.15) is 4.31 Å². The molecule has 1 aromatic carbocycles. The molecule has 0 saturated carbocycles. The van der Waals surface area contributed by atoms with Gasteiger partial charge < -0.3 is 9.88 Å². The van der Waals surface area contributed by atoms with Crippen molar-refractivity contribution in [1.82, 2.24) is 24.4 Å². The maximum absolute atomic E-state index is 12.9. The molecule has 0 atom stereocenters. The van der Waals surface area contributed by atoms with Gasteiger partial charge in [-0.05, 0) is 37.0 Å². The van der Waals surface area contributed by atoms with E-state index in [4.69, 9.17) is 0 Å². The molecule has 1 saturated heterocycles. The summed E-state index contributed by atoms with van der Waals surface area (Å²) >= 11 is 0. The molecule has 148 valence electrons. The first-order valence-corrected chi connectivity index (χ1v) is 10.8. The molecule has 1 aromatic heterocycles. The van der Waals surface area contributed by atoms with Crippen LogP contribution < -0.4 is 5.32 Å². The van der Waals surface area contributed by atoms with Gasteiger partial charge in [0.15, 0.2) is 0 Å². The Hall–Kier alpha value is -1.48. The minimum absolute atomic E-state index is 0. The summed E-state index contributed by atoms with van der Waals surface area (Å²) in [5, 5.41) is 12.0. The minimum atomic E-state index is -3.42. The highest BCUT2D eigenvalue weighted by atomic mass is 35.5. The molecule has 0 radical (unpaired) electrons. The van der Waals surface area contributed by atoms with E-state index in [1.54, 1.807) is 16.4 Å². The van der Waals surface area contributed by atoms with E-state index in [-0.39, 0.29) is 18.3 Å². The Kier molecular flexibility index (Phi) is 6.20. The van der Waals surface area contributed by atoms with Crippen LogP contribution in [0.1, 0.15) is 42.9 Å². The SMILES string of the molecule is CCc1ccc(S(=O)(=O)N2CCC(c3nnc4n3CCNC4)CC2)cc1.Cl. The molecule has 0 bridgehead atoms. The zero-order valence-electron chi connectivity index (χ0n) is 15.5. The third kappa shape index (κ3) is 3.89. The summed E-state index contributed by atoms with van der Waals surface area (Å²) in [4.78, 5) is 0.388. The number of fused-ring (bicyclic) bond motifs is 1. The van der Waals surface area contributed by atoms with E-state index in [1.807, 2.05) is 12.1 Å². The fourth-order valence-electron chi connectivity index (χ4n) is 3.82. The van der Waals surface area contributed by atoms with Gasteiger partial charge in [-0.25, -0.2) is 8.42 Å². The van der Waals surface area contributed by atoms with Gasteiger partial charge in [0.1, 0.15) is 11.6 Å². The second-order valence-corrected chi connectivity index (χ2v) is 8.92. The summed E-state index contributed by atoms with van der Waals surface area (Å²) in [6.07, 6.45) is 2.49. The largest absolute Gasteiger partial charge is 0.312 e. The van der Waals surface area contributed by atoms with E-state index in [0.717, 1.165) is 56.1 Å². The summed E-state index contributed by atoms with van der Waals surface area (Å²) in [7, 11) is -3.42. The summed E-state index contributed by atoms with van der Waals surface area (Å²) in [6, 6.07) is 7.25. The third-order valence-electron chi connectivity index (χ3n) is 5.44. The number of aryl methyl sites for hydroxylation is 1. The predicted octanol–water partition coefficient (Wildman–Crippen LogP) is 1.93. The van der Waals surface area contributed by atoms with Crippen molar-refractivity contribution in [1.29, 1.82) is 0 Å². The van der Waals surface area contributed by atoms with E-state index in [0.29, 0.717) is 18.0 Å². The molecular formula is C18H26ClN5O2S. The van der Waals surface area contributed by atoms with E-state index < -0.39 is 10.0 Å². The van der Waals surface area contributed by atoms with Crippen LogP contribution in [-0.4, -0.2) is 47.1 Å². The summed E-state index contributed by atoms with van der Waals surface area (Å²) in [5.41, 5.74) is 1.15. The molecule has 0 aliphatic carbocycles. The normalized spacial score (nSPS) is 18.7. The number of nitrogens with one attached hydrogen (secondary N) is 1. The molecule has 0 unspecified atom stereocenters. The quantitative estimate of drug-likeness (QED) is 0.831. The molecule has 7 nitrogen and oxygen atoms in total. The average Bonchev–Trinajstić information content (AvgIpc) is 3.12. The molecule has 1 N–H and O–H groups in total. The predicted molar refractivity (Wildman–Crippen MR) is 106 cm³/mol. The van der Waals surface area contributed by atoms with Gasteiger partial charge in [0, 0.05) is 32.1 Å². The first kappa shape index (κ1) is 20.3. The Morgan fingerprint density at radius 3 is 2.48 bits per heavy atom. The second kappa shape index (κ2) is 8.26. The van der Waals surface area contributed by atoms with Crippen LogP contribution in [0.3, 0.4) is 0 Å². The van der Waals surface area contributed by atoms with Crippen molar-refractivity contribution in [3.63, 3.8) is 0 Å². The van der Waals surface area contributed by atoms with Crippen LogP contribution in [0.5, 0.6) is 0 Å². The van der Waals surface area contributed by atoms with Gasteiger partial charge in [0.2, 0.25) is 10.0 Å². The number of nitrogens with zero attached hydrogens (tertiary/aromatic N) is 4. The van der Waals surface area contributed by atoms with Crippen molar-refractivity contribution in [2.24, 2.45) is 0 Å². The van der Waals surface area contributed by atoms with Gasteiger partial charge in [-0.3, -0.25) is 0 Å². The lowest BCUT2D eigenvalue weighted by molar-refractivity contribution is 0.307. The highest BCUT2D eigenvalue weighted by Gasteiger charge is 2.32. The molecule has 9 heteroatoms. The van der Waals surface area contributed by atoms with Crippen molar-refractivity contribution in [3.8, 4) is 0 Å². The van der Waals surface area contributed by atoms with Crippen LogP contribution in [0.15, 0.2) is 29.2 Å². The summed E-state index contributed by atoms with van der Waals surface area (Å²) in [5.74, 6) is 2.28. The Morgan fingerprint density at radius 2 is 1.81 bits per heavy atom. The first-order valence-electron chi connectivity index (χ1n) is 9.31. The van der Waals surface area contributed by atoms with Gasteiger partial charge in [0.25, 0.3) is 0 Å². The second-order valence-electron chi connectivity index (χ2n) is 6.98. The van der Waals surface area contributed by atoms with Crippen LogP contribution in [0.2, 0.25) is 0 Å². The number of hydrogen-bond donors (Lipinski definition) is 1. The maximum Gasteiger partial charge on any atom is 0.243 e. The van der Waals surface area contributed by atoms with Crippen LogP contribution in [-0.2, 0) is 29.5 Å². The zero-order valence-corrected chi connectivity index (χ0v) is 17.1. The van der Waals surface area contributed by atoms with Crippen LogP contribution in [0.4, 0.5) is 0 Å². The van der Waals surface area contributed by atoms with Crippen molar-refractivity contribution in [2.75, 3.05) is 19.6 Å². The first-order chi connectivity index (χ1) is 12.6. The number of rotatable bonds is 4. The minimum Gasteiger partial charge on any atom is -0.312 e. The van der Waals surface area contributed by atoms with Crippen LogP contribution >= 0.6 is 12.4 Å².